The van der Waals surface area contributed by atoms with Gasteiger partial charge in [-0.15, -0.1) is 0 Å². The number of rotatable bonds is 6. The zero-order valence-corrected chi connectivity index (χ0v) is 12.5. The van der Waals surface area contributed by atoms with E-state index in [2.05, 4.69) is 60.2 Å². The van der Waals surface area contributed by atoms with Gasteiger partial charge < -0.3 is 10.2 Å². The first-order valence-corrected chi connectivity index (χ1v) is 7.27. The predicted octanol–water partition coefficient (Wildman–Crippen LogP) is 4.10. The predicted molar refractivity (Wildman–Crippen MR) is 86.3 cm³/mol. The van der Waals surface area contributed by atoms with E-state index in [-0.39, 0.29) is 6.04 Å². The van der Waals surface area contributed by atoms with Crippen molar-refractivity contribution in [1.82, 2.24) is 4.98 Å². The molecular formula is C17H23N3. The van der Waals surface area contributed by atoms with Crippen molar-refractivity contribution in [3.05, 3.63) is 54.4 Å². The molecule has 1 heterocycles. The molecule has 20 heavy (non-hydrogen) atoms. The highest BCUT2D eigenvalue weighted by atomic mass is 15.1. The monoisotopic (exact) mass is 269 g/mol. The van der Waals surface area contributed by atoms with Crippen LogP contribution in [0.3, 0.4) is 0 Å². The van der Waals surface area contributed by atoms with E-state index in [0.29, 0.717) is 0 Å². The first-order chi connectivity index (χ1) is 9.74. The maximum absolute atomic E-state index is 4.38. The van der Waals surface area contributed by atoms with Gasteiger partial charge >= 0.3 is 0 Å². The minimum absolute atomic E-state index is 0.204. The lowest BCUT2D eigenvalue weighted by atomic mass is 10.2. The maximum atomic E-state index is 4.38. The average molecular weight is 269 g/mol. The number of benzene rings is 1. The molecule has 106 valence electrons. The molecule has 2 rings (SSSR count). The molecule has 0 aliphatic rings. The van der Waals surface area contributed by atoms with Crippen molar-refractivity contribution in [3.63, 3.8) is 0 Å². The van der Waals surface area contributed by atoms with Gasteiger partial charge in [0.1, 0.15) is 0 Å². The van der Waals surface area contributed by atoms with Crippen LogP contribution in [0.25, 0.3) is 0 Å². The Balaban J connectivity index is 2.04. The first-order valence-electron chi connectivity index (χ1n) is 7.27. The van der Waals surface area contributed by atoms with Crippen molar-refractivity contribution in [2.45, 2.75) is 26.8 Å². The third-order valence-corrected chi connectivity index (χ3v) is 3.51. The van der Waals surface area contributed by atoms with E-state index in [0.717, 1.165) is 24.5 Å². The fraction of sp³-hybridized carbons (Fsp3) is 0.353. The molecule has 0 aliphatic heterocycles. The highest BCUT2D eigenvalue weighted by molar-refractivity contribution is 5.55. The molecule has 3 nitrogen and oxygen atoms in total. The summed E-state index contributed by atoms with van der Waals surface area (Å²) in [7, 11) is 0. The summed E-state index contributed by atoms with van der Waals surface area (Å²) in [5.74, 6) is 0. The highest BCUT2D eigenvalue weighted by Gasteiger charge is 2.06. The summed E-state index contributed by atoms with van der Waals surface area (Å²) in [5.41, 5.74) is 3.45. The van der Waals surface area contributed by atoms with E-state index < -0.39 is 0 Å². The normalized spacial score (nSPS) is 11.9. The fourth-order valence-corrected chi connectivity index (χ4v) is 2.31. The summed E-state index contributed by atoms with van der Waals surface area (Å²) in [6.45, 7) is 8.56. The minimum atomic E-state index is 0.204. The summed E-state index contributed by atoms with van der Waals surface area (Å²) in [6.07, 6.45) is 1.83. The zero-order valence-electron chi connectivity index (χ0n) is 12.5. The second kappa shape index (κ2) is 6.94. The molecule has 0 radical (unpaired) electrons. The van der Waals surface area contributed by atoms with Gasteiger partial charge in [-0.05, 0) is 57.2 Å². The molecule has 0 bridgehead atoms. The Hall–Kier alpha value is -2.03. The Kier molecular flexibility index (Phi) is 4.99. The maximum Gasteiger partial charge on any atom is 0.0657 e. The van der Waals surface area contributed by atoms with Crippen molar-refractivity contribution >= 4 is 11.4 Å². The van der Waals surface area contributed by atoms with Crippen LogP contribution < -0.4 is 10.2 Å². The Morgan fingerprint density at radius 1 is 1.05 bits per heavy atom. The average Bonchev–Trinajstić information content (AvgIpc) is 2.51. The van der Waals surface area contributed by atoms with Gasteiger partial charge in [0.25, 0.3) is 0 Å². The van der Waals surface area contributed by atoms with E-state index in [1.54, 1.807) is 0 Å². The van der Waals surface area contributed by atoms with Crippen LogP contribution in [0.5, 0.6) is 0 Å². The Morgan fingerprint density at radius 2 is 1.75 bits per heavy atom. The van der Waals surface area contributed by atoms with Crippen LogP contribution in [0.1, 0.15) is 32.5 Å². The van der Waals surface area contributed by atoms with Crippen molar-refractivity contribution < 1.29 is 0 Å². The van der Waals surface area contributed by atoms with Crippen LogP contribution in [0.2, 0.25) is 0 Å². The van der Waals surface area contributed by atoms with Gasteiger partial charge in [0.05, 0.1) is 11.7 Å². The Bertz CT molecular complexity index is 504. The number of hydrogen-bond acceptors (Lipinski definition) is 3. The molecule has 1 aromatic heterocycles. The molecule has 0 fully saturated rings. The lowest BCUT2D eigenvalue weighted by Crippen LogP contribution is -2.21. The van der Waals surface area contributed by atoms with Crippen molar-refractivity contribution in [2.75, 3.05) is 23.3 Å². The van der Waals surface area contributed by atoms with Crippen molar-refractivity contribution in [1.29, 1.82) is 0 Å². The lowest BCUT2D eigenvalue weighted by Gasteiger charge is -2.22. The molecule has 2 aromatic rings. The molecule has 0 aliphatic carbocycles. The van der Waals surface area contributed by atoms with E-state index in [4.69, 9.17) is 0 Å². The molecule has 0 saturated carbocycles. The molecular weight excluding hydrogens is 246 g/mol. The molecule has 0 amide bonds. The topological polar surface area (TPSA) is 28.2 Å². The molecule has 0 saturated heterocycles. The molecule has 3 heteroatoms. The third kappa shape index (κ3) is 3.50. The van der Waals surface area contributed by atoms with Gasteiger partial charge in [-0.1, -0.05) is 6.07 Å². The van der Waals surface area contributed by atoms with Gasteiger partial charge in [-0.2, -0.15) is 0 Å². The van der Waals surface area contributed by atoms with Gasteiger partial charge in [0.15, 0.2) is 0 Å². The SMILES string of the molecule is CCN(CC)c1ccc(NC(C)c2ccccn2)cc1. The standard InChI is InChI=1S/C17H23N3/c1-4-20(5-2)16-11-9-15(10-12-16)19-14(3)17-8-6-7-13-18-17/h6-14,19H,4-5H2,1-3H3. The fourth-order valence-electron chi connectivity index (χ4n) is 2.31. The van der Waals surface area contributed by atoms with Crippen LogP contribution in [-0.4, -0.2) is 18.1 Å². The zero-order chi connectivity index (χ0) is 14.4. The van der Waals surface area contributed by atoms with E-state index in [1.165, 1.54) is 5.69 Å². The molecule has 0 spiro atoms. The van der Waals surface area contributed by atoms with Gasteiger partial charge in [0.2, 0.25) is 0 Å². The highest BCUT2D eigenvalue weighted by Crippen LogP contribution is 2.21. The smallest absolute Gasteiger partial charge is 0.0657 e. The third-order valence-electron chi connectivity index (χ3n) is 3.51. The van der Waals surface area contributed by atoms with E-state index >= 15 is 0 Å². The van der Waals surface area contributed by atoms with Crippen molar-refractivity contribution in [2.24, 2.45) is 0 Å². The molecule has 1 N–H and O–H groups in total. The molecule has 1 atom stereocenters. The summed E-state index contributed by atoms with van der Waals surface area (Å²) in [5, 5.41) is 3.48. The second-order valence-corrected chi connectivity index (χ2v) is 4.84. The van der Waals surface area contributed by atoms with Crippen LogP contribution >= 0.6 is 0 Å². The summed E-state index contributed by atoms with van der Waals surface area (Å²) in [4.78, 5) is 6.72. The summed E-state index contributed by atoms with van der Waals surface area (Å²) < 4.78 is 0. The number of nitrogens with one attached hydrogen (secondary N) is 1. The summed E-state index contributed by atoms with van der Waals surface area (Å²) >= 11 is 0. The Morgan fingerprint density at radius 3 is 2.30 bits per heavy atom. The Labute approximate surface area is 121 Å². The number of anilines is 2. The van der Waals surface area contributed by atoms with Crippen LogP contribution in [0.4, 0.5) is 11.4 Å². The van der Waals surface area contributed by atoms with Gasteiger partial charge in [-0.25, -0.2) is 0 Å². The molecule has 1 aromatic carbocycles. The van der Waals surface area contributed by atoms with Gasteiger partial charge in [-0.3, -0.25) is 4.98 Å². The van der Waals surface area contributed by atoms with Gasteiger partial charge in [0, 0.05) is 30.7 Å². The largest absolute Gasteiger partial charge is 0.377 e. The summed E-state index contributed by atoms with van der Waals surface area (Å²) in [6, 6.07) is 14.8. The van der Waals surface area contributed by atoms with Crippen LogP contribution in [-0.2, 0) is 0 Å². The van der Waals surface area contributed by atoms with Crippen molar-refractivity contribution in [3.8, 4) is 0 Å². The lowest BCUT2D eigenvalue weighted by molar-refractivity contribution is 0.838. The first kappa shape index (κ1) is 14.4. The van der Waals surface area contributed by atoms with E-state index in [1.807, 2.05) is 24.4 Å². The number of nitrogens with zero attached hydrogens (tertiary/aromatic N) is 2. The van der Waals surface area contributed by atoms with Crippen LogP contribution in [0.15, 0.2) is 48.7 Å². The molecule has 1 unspecified atom stereocenters. The number of hydrogen-bond donors (Lipinski definition) is 1. The van der Waals surface area contributed by atoms with Crippen LogP contribution in [0, 0.1) is 0 Å². The minimum Gasteiger partial charge on any atom is -0.377 e. The number of pyridine rings is 1. The quantitative estimate of drug-likeness (QED) is 0.855. The number of aromatic nitrogens is 1. The van der Waals surface area contributed by atoms with E-state index in [9.17, 15) is 0 Å². The second-order valence-electron chi connectivity index (χ2n) is 4.84.